The molecule has 0 bridgehead atoms. The van der Waals surface area contributed by atoms with Crippen LogP contribution in [0.15, 0.2) is 83.7 Å². The molecule has 154 valence electrons. The third kappa shape index (κ3) is 5.36. The summed E-state index contributed by atoms with van der Waals surface area (Å²) in [6.45, 7) is 1.05. The fourth-order valence-electron chi connectivity index (χ4n) is 3.04. The summed E-state index contributed by atoms with van der Waals surface area (Å²) in [4.78, 5) is 23.5. The van der Waals surface area contributed by atoms with Gasteiger partial charge in [0, 0.05) is 18.1 Å². The molecule has 0 aliphatic rings. The van der Waals surface area contributed by atoms with E-state index >= 15 is 0 Å². The van der Waals surface area contributed by atoms with Gasteiger partial charge in [-0.3, -0.25) is 9.78 Å². The highest BCUT2D eigenvalue weighted by atomic mass is 19.1. The minimum atomic E-state index is -0.358. The van der Waals surface area contributed by atoms with E-state index in [1.807, 2.05) is 43.2 Å². The van der Waals surface area contributed by atoms with Crippen molar-refractivity contribution in [2.45, 2.75) is 13.1 Å². The van der Waals surface area contributed by atoms with E-state index in [1.165, 1.54) is 30.5 Å². The molecule has 0 unspecified atom stereocenters. The van der Waals surface area contributed by atoms with Gasteiger partial charge >= 0.3 is 0 Å². The lowest BCUT2D eigenvalue weighted by molar-refractivity contribution is 0.102. The van der Waals surface area contributed by atoms with E-state index in [9.17, 15) is 9.18 Å². The summed E-state index contributed by atoms with van der Waals surface area (Å²) in [5, 5.41) is 2.73. The number of halogens is 1. The highest BCUT2D eigenvalue weighted by Gasteiger charge is 2.14. The Balaban J connectivity index is 1.51. The zero-order chi connectivity index (χ0) is 21.6. The Bertz CT molecular complexity index is 1130. The first kappa shape index (κ1) is 20.3. The number of furan rings is 1. The number of hydrogen-bond acceptors (Lipinski definition) is 5. The number of aromatic nitrogens is 2. The van der Waals surface area contributed by atoms with Crippen LogP contribution >= 0.6 is 0 Å². The molecule has 3 aromatic heterocycles. The quantitative estimate of drug-likeness (QED) is 0.471. The van der Waals surface area contributed by atoms with Gasteiger partial charge < -0.3 is 14.6 Å². The first-order valence-electron chi connectivity index (χ1n) is 9.79. The molecule has 1 aromatic carbocycles. The molecule has 0 spiro atoms. The molecule has 4 rings (SSSR count). The fourth-order valence-corrected chi connectivity index (χ4v) is 3.04. The molecule has 0 saturated heterocycles. The Hall–Kier alpha value is -3.94. The van der Waals surface area contributed by atoms with Crippen molar-refractivity contribution in [3.63, 3.8) is 0 Å². The molecule has 6 nitrogen and oxygen atoms in total. The number of carbonyl (C=O) groups excluding carboxylic acids is 1. The van der Waals surface area contributed by atoms with Crippen LogP contribution in [-0.2, 0) is 13.1 Å². The Morgan fingerprint density at radius 2 is 1.84 bits per heavy atom. The van der Waals surface area contributed by atoms with Crippen LogP contribution in [0.3, 0.4) is 0 Å². The van der Waals surface area contributed by atoms with Crippen molar-refractivity contribution in [2.75, 3.05) is 10.2 Å². The van der Waals surface area contributed by atoms with Crippen molar-refractivity contribution in [3.8, 4) is 0 Å². The molecular weight excluding hydrogens is 394 g/mol. The third-order valence-corrected chi connectivity index (χ3v) is 4.69. The van der Waals surface area contributed by atoms with Crippen molar-refractivity contribution >= 4 is 30.7 Å². The van der Waals surface area contributed by atoms with Gasteiger partial charge in [0.2, 0.25) is 0 Å². The minimum absolute atomic E-state index is 0.316. The van der Waals surface area contributed by atoms with Crippen LogP contribution in [0.5, 0.6) is 0 Å². The van der Waals surface area contributed by atoms with Crippen molar-refractivity contribution < 1.29 is 13.6 Å². The van der Waals surface area contributed by atoms with Crippen LogP contribution in [-0.4, -0.2) is 23.7 Å². The SMILES string of the molecule is Bc1ccc(CN(Cc2ccco2)c2ccc(C(=O)Nc3ccc(F)cc3)cn2)nc1. The third-order valence-electron chi connectivity index (χ3n) is 4.69. The standard InChI is InChI=1S/C23H20BFN4O2/c24-17-4-7-20(26-13-17)14-29(15-21-2-1-11-31-21)22-10-3-16(12-27-22)23(30)28-19-8-5-18(25)6-9-19/h1-13H,14-15,24H2,(H,28,30). The Kier molecular flexibility index (Phi) is 6.07. The molecule has 1 N–H and O–H groups in total. The summed E-state index contributed by atoms with van der Waals surface area (Å²) in [6, 6.07) is 16.8. The number of amides is 1. The molecule has 0 aliphatic heterocycles. The van der Waals surface area contributed by atoms with Crippen molar-refractivity contribution in [1.82, 2.24) is 9.97 Å². The van der Waals surface area contributed by atoms with Crippen LogP contribution in [0.1, 0.15) is 21.8 Å². The van der Waals surface area contributed by atoms with Gasteiger partial charge in [-0.25, -0.2) is 9.37 Å². The molecule has 3 heterocycles. The van der Waals surface area contributed by atoms with Gasteiger partial charge in [0.25, 0.3) is 5.91 Å². The summed E-state index contributed by atoms with van der Waals surface area (Å²) >= 11 is 0. The minimum Gasteiger partial charge on any atom is -0.467 e. The van der Waals surface area contributed by atoms with E-state index in [-0.39, 0.29) is 11.7 Å². The zero-order valence-corrected chi connectivity index (χ0v) is 17.0. The number of carbonyl (C=O) groups is 1. The Morgan fingerprint density at radius 1 is 1.00 bits per heavy atom. The van der Waals surface area contributed by atoms with E-state index < -0.39 is 0 Å². The van der Waals surface area contributed by atoms with E-state index in [0.717, 1.165) is 16.9 Å². The molecule has 0 saturated carbocycles. The predicted octanol–water partition coefficient (Wildman–Crippen LogP) is 2.93. The molecular formula is C23H20BFN4O2. The average molecular weight is 414 g/mol. The summed E-state index contributed by atoms with van der Waals surface area (Å²) in [7, 11) is 1.99. The first-order valence-corrected chi connectivity index (χ1v) is 9.79. The molecule has 31 heavy (non-hydrogen) atoms. The summed E-state index contributed by atoms with van der Waals surface area (Å²) in [5.74, 6) is 0.816. The van der Waals surface area contributed by atoms with Gasteiger partial charge in [0.15, 0.2) is 0 Å². The summed E-state index contributed by atoms with van der Waals surface area (Å²) in [6.07, 6.45) is 4.98. The second-order valence-electron chi connectivity index (χ2n) is 7.13. The predicted molar refractivity (Wildman–Crippen MR) is 120 cm³/mol. The number of rotatable bonds is 7. The highest BCUT2D eigenvalue weighted by Crippen LogP contribution is 2.19. The van der Waals surface area contributed by atoms with Crippen molar-refractivity contribution in [1.29, 1.82) is 0 Å². The lowest BCUT2D eigenvalue weighted by Gasteiger charge is -2.22. The van der Waals surface area contributed by atoms with Crippen molar-refractivity contribution in [3.05, 3.63) is 102 Å². The number of pyridine rings is 2. The number of nitrogens with one attached hydrogen (secondary N) is 1. The maximum atomic E-state index is 13.0. The summed E-state index contributed by atoms with van der Waals surface area (Å²) < 4.78 is 18.5. The molecule has 0 atom stereocenters. The highest BCUT2D eigenvalue weighted by molar-refractivity contribution is 6.32. The van der Waals surface area contributed by atoms with Gasteiger partial charge in [0.1, 0.15) is 25.2 Å². The van der Waals surface area contributed by atoms with Crippen molar-refractivity contribution in [2.24, 2.45) is 0 Å². The fraction of sp³-hybridized carbons (Fsp3) is 0.0870. The van der Waals surface area contributed by atoms with Crippen LogP contribution in [0.4, 0.5) is 15.9 Å². The van der Waals surface area contributed by atoms with Gasteiger partial charge in [0.05, 0.1) is 30.6 Å². The molecule has 1 amide bonds. The largest absolute Gasteiger partial charge is 0.467 e. The van der Waals surface area contributed by atoms with Crippen LogP contribution in [0.25, 0.3) is 0 Å². The Labute approximate surface area is 180 Å². The van der Waals surface area contributed by atoms with Gasteiger partial charge in [-0.2, -0.15) is 0 Å². The average Bonchev–Trinajstić information content (AvgIpc) is 3.30. The normalized spacial score (nSPS) is 10.6. The number of nitrogens with zero attached hydrogens (tertiary/aromatic N) is 3. The summed E-state index contributed by atoms with van der Waals surface area (Å²) in [5.41, 5.74) is 2.91. The van der Waals surface area contributed by atoms with E-state index in [2.05, 4.69) is 15.3 Å². The topological polar surface area (TPSA) is 71.3 Å². The zero-order valence-electron chi connectivity index (χ0n) is 17.0. The van der Waals surface area contributed by atoms with E-state index in [0.29, 0.717) is 30.2 Å². The lowest BCUT2D eigenvalue weighted by Crippen LogP contribution is -2.24. The van der Waals surface area contributed by atoms with Gasteiger partial charge in [-0.15, -0.1) is 0 Å². The molecule has 0 radical (unpaired) electrons. The van der Waals surface area contributed by atoms with Gasteiger partial charge in [-0.05, 0) is 54.6 Å². The molecule has 8 heteroatoms. The number of benzene rings is 1. The first-order chi connectivity index (χ1) is 15.1. The monoisotopic (exact) mass is 414 g/mol. The van der Waals surface area contributed by atoms with Gasteiger partial charge in [-0.1, -0.05) is 11.5 Å². The maximum Gasteiger partial charge on any atom is 0.257 e. The number of anilines is 2. The Morgan fingerprint density at radius 3 is 2.48 bits per heavy atom. The van der Waals surface area contributed by atoms with Crippen LogP contribution < -0.4 is 15.7 Å². The van der Waals surface area contributed by atoms with Crippen LogP contribution in [0, 0.1) is 5.82 Å². The second kappa shape index (κ2) is 9.25. The van der Waals surface area contributed by atoms with E-state index in [1.54, 1.807) is 18.4 Å². The lowest BCUT2D eigenvalue weighted by atomic mass is 9.99. The van der Waals surface area contributed by atoms with Crippen LogP contribution in [0.2, 0.25) is 0 Å². The maximum absolute atomic E-state index is 13.0. The second-order valence-corrected chi connectivity index (χ2v) is 7.13. The smallest absolute Gasteiger partial charge is 0.257 e. The van der Waals surface area contributed by atoms with E-state index in [4.69, 9.17) is 4.42 Å². The number of hydrogen-bond donors (Lipinski definition) is 1. The molecule has 4 aromatic rings. The molecule has 0 aliphatic carbocycles. The molecule has 0 fully saturated rings.